The highest BCUT2D eigenvalue weighted by Gasteiger charge is 2.51. The third kappa shape index (κ3) is 7.22. The SMILES string of the molecule is CCCCO[C@@H]1C(O)[C@@H]2OC(c3ccccc3)OCC2O[C@H]1OC1CCC(N(C(=O)OC)S(=O)(=O)c2ccccc2)CC1. The van der Waals surface area contributed by atoms with E-state index in [4.69, 9.17) is 28.4 Å². The second kappa shape index (κ2) is 14.5. The molecule has 2 aliphatic heterocycles. The number of hydrogen-bond donors (Lipinski definition) is 1. The molecule has 2 aromatic carbocycles. The molecule has 6 atom stereocenters. The summed E-state index contributed by atoms with van der Waals surface area (Å²) < 4.78 is 63.4. The first-order chi connectivity index (χ1) is 20.8. The van der Waals surface area contributed by atoms with Crippen molar-refractivity contribution >= 4 is 16.1 Å². The minimum atomic E-state index is -4.11. The maximum Gasteiger partial charge on any atom is 0.423 e. The number of hydrogen-bond acceptors (Lipinski definition) is 10. The van der Waals surface area contributed by atoms with Gasteiger partial charge >= 0.3 is 6.09 Å². The van der Waals surface area contributed by atoms with E-state index in [9.17, 15) is 18.3 Å². The molecular formula is C31H41NO10S. The zero-order valence-corrected chi connectivity index (χ0v) is 25.3. The molecule has 2 saturated heterocycles. The van der Waals surface area contributed by atoms with Crippen LogP contribution in [0.3, 0.4) is 0 Å². The first-order valence-corrected chi connectivity index (χ1v) is 16.4. The lowest BCUT2D eigenvalue weighted by Crippen LogP contribution is -2.63. The van der Waals surface area contributed by atoms with Gasteiger partial charge in [-0.05, 0) is 44.2 Å². The molecular weight excluding hydrogens is 578 g/mol. The topological polar surface area (TPSA) is 130 Å². The normalized spacial score (nSPS) is 31.1. The highest BCUT2D eigenvalue weighted by atomic mass is 32.2. The number of carbonyl (C=O) groups is 1. The van der Waals surface area contributed by atoms with E-state index >= 15 is 0 Å². The predicted octanol–water partition coefficient (Wildman–Crippen LogP) is 4.16. The highest BCUT2D eigenvalue weighted by molar-refractivity contribution is 7.89. The standard InChI is InChI=1S/C31H41NO10S/c1-3-4-19-38-28-26(33)27-25(20-39-29(42-27)21-11-7-5-8-12-21)41-30(28)40-23-17-15-22(16-18-23)32(31(34)37-2)43(35,36)24-13-9-6-10-14-24/h5-14,22-23,25-30,33H,3-4,15-20H2,1-2H3/t22?,23?,25?,26?,27-,28-,29?,30-/m1/s1. The van der Waals surface area contributed by atoms with Gasteiger partial charge in [0.15, 0.2) is 12.6 Å². The third-order valence-corrected chi connectivity index (χ3v) is 9.98. The van der Waals surface area contributed by atoms with E-state index < -0.39 is 59.2 Å². The molecule has 3 aliphatic rings. The first-order valence-electron chi connectivity index (χ1n) is 14.9. The largest absolute Gasteiger partial charge is 0.452 e. The average Bonchev–Trinajstić information content (AvgIpc) is 3.04. The average molecular weight is 620 g/mol. The number of unbranched alkanes of at least 4 members (excludes halogenated alkanes) is 1. The summed E-state index contributed by atoms with van der Waals surface area (Å²) in [5.74, 6) is 0. The van der Waals surface area contributed by atoms with Crippen molar-refractivity contribution < 1.29 is 46.7 Å². The molecule has 43 heavy (non-hydrogen) atoms. The first kappa shape index (κ1) is 31.8. The molecule has 3 unspecified atom stereocenters. The Hall–Kier alpha value is -2.58. The summed E-state index contributed by atoms with van der Waals surface area (Å²) in [5.41, 5.74) is 0.849. The Kier molecular flexibility index (Phi) is 10.7. The Morgan fingerprint density at radius 2 is 1.67 bits per heavy atom. The molecule has 11 nitrogen and oxygen atoms in total. The van der Waals surface area contributed by atoms with Crippen molar-refractivity contribution in [2.75, 3.05) is 20.3 Å². The highest BCUT2D eigenvalue weighted by Crippen LogP contribution is 2.37. The van der Waals surface area contributed by atoms with Gasteiger partial charge in [-0.2, -0.15) is 4.31 Å². The van der Waals surface area contributed by atoms with Crippen LogP contribution in [0.5, 0.6) is 0 Å². The monoisotopic (exact) mass is 619 g/mol. The van der Waals surface area contributed by atoms with Gasteiger partial charge in [-0.1, -0.05) is 61.9 Å². The minimum Gasteiger partial charge on any atom is -0.452 e. The maximum atomic E-state index is 13.4. The number of aliphatic hydroxyl groups excluding tert-OH is 1. The van der Waals surface area contributed by atoms with Crippen LogP contribution in [0.15, 0.2) is 65.6 Å². The molecule has 12 heteroatoms. The van der Waals surface area contributed by atoms with Gasteiger partial charge in [0.05, 0.1) is 30.8 Å². The van der Waals surface area contributed by atoms with E-state index in [1.54, 1.807) is 18.2 Å². The van der Waals surface area contributed by atoms with Crippen LogP contribution < -0.4 is 0 Å². The van der Waals surface area contributed by atoms with Gasteiger partial charge in [0, 0.05) is 12.2 Å². The quantitative estimate of drug-likeness (QED) is 0.387. The van der Waals surface area contributed by atoms with Crippen molar-refractivity contribution in [2.24, 2.45) is 0 Å². The van der Waals surface area contributed by atoms with E-state index in [1.165, 1.54) is 19.2 Å². The molecule has 5 rings (SSSR count). The molecule has 2 heterocycles. The van der Waals surface area contributed by atoms with Gasteiger partial charge in [-0.3, -0.25) is 0 Å². The Morgan fingerprint density at radius 3 is 2.33 bits per heavy atom. The molecule has 1 saturated carbocycles. The van der Waals surface area contributed by atoms with Crippen molar-refractivity contribution in [2.45, 2.75) is 99.5 Å². The zero-order valence-electron chi connectivity index (χ0n) is 24.5. The van der Waals surface area contributed by atoms with E-state index in [2.05, 4.69) is 6.92 Å². The lowest BCUT2D eigenvalue weighted by molar-refractivity contribution is -0.371. The third-order valence-electron chi connectivity index (χ3n) is 8.15. The van der Waals surface area contributed by atoms with Gasteiger partial charge in [-0.15, -0.1) is 0 Å². The summed E-state index contributed by atoms with van der Waals surface area (Å²) in [5, 5.41) is 11.4. The second-order valence-corrected chi connectivity index (χ2v) is 12.9. The Morgan fingerprint density at radius 1 is 1.00 bits per heavy atom. The summed E-state index contributed by atoms with van der Waals surface area (Å²) in [6.45, 7) is 2.69. The second-order valence-electron chi connectivity index (χ2n) is 11.0. The lowest BCUT2D eigenvalue weighted by atomic mass is 9.92. The molecule has 0 bridgehead atoms. The Balaban J connectivity index is 1.25. The minimum absolute atomic E-state index is 0.0245. The lowest BCUT2D eigenvalue weighted by Gasteiger charge is -2.48. The number of rotatable bonds is 10. The van der Waals surface area contributed by atoms with Gasteiger partial charge in [0.1, 0.15) is 24.4 Å². The van der Waals surface area contributed by atoms with Crippen molar-refractivity contribution in [3.63, 3.8) is 0 Å². The van der Waals surface area contributed by atoms with Crippen LogP contribution in [-0.2, 0) is 38.4 Å². The van der Waals surface area contributed by atoms with Crippen molar-refractivity contribution in [1.29, 1.82) is 0 Å². The van der Waals surface area contributed by atoms with Crippen molar-refractivity contribution in [3.8, 4) is 0 Å². The van der Waals surface area contributed by atoms with Gasteiger partial charge in [-0.25, -0.2) is 13.2 Å². The van der Waals surface area contributed by atoms with Crippen LogP contribution in [0.2, 0.25) is 0 Å². The fourth-order valence-electron chi connectivity index (χ4n) is 5.84. The van der Waals surface area contributed by atoms with E-state index in [-0.39, 0.29) is 17.6 Å². The zero-order chi connectivity index (χ0) is 30.4. The van der Waals surface area contributed by atoms with Crippen molar-refractivity contribution in [1.82, 2.24) is 4.31 Å². The molecule has 236 valence electrons. The number of sulfonamides is 1. The molecule has 0 spiro atoms. The molecule has 1 aliphatic carbocycles. The summed E-state index contributed by atoms with van der Waals surface area (Å²) >= 11 is 0. The number of methoxy groups -OCH3 is 1. The number of ether oxygens (including phenoxy) is 6. The number of carbonyl (C=O) groups excluding carboxylic acids is 1. The molecule has 0 radical (unpaired) electrons. The maximum absolute atomic E-state index is 13.4. The fraction of sp³-hybridized carbons (Fsp3) is 0.581. The van der Waals surface area contributed by atoms with Crippen LogP contribution in [0, 0.1) is 0 Å². The number of amides is 1. The van der Waals surface area contributed by atoms with Crippen molar-refractivity contribution in [3.05, 3.63) is 66.2 Å². The van der Waals surface area contributed by atoms with E-state index in [0.29, 0.717) is 32.3 Å². The van der Waals surface area contributed by atoms with E-state index in [0.717, 1.165) is 22.7 Å². The Labute approximate surface area is 253 Å². The molecule has 1 N–H and O–H groups in total. The molecule has 0 aromatic heterocycles. The molecule has 1 amide bonds. The van der Waals surface area contributed by atoms with Crippen LogP contribution in [-0.4, -0.2) is 87.1 Å². The molecule has 2 aromatic rings. The van der Waals surface area contributed by atoms with E-state index in [1.807, 2.05) is 30.3 Å². The van der Waals surface area contributed by atoms with Gasteiger partial charge in [0.25, 0.3) is 10.0 Å². The van der Waals surface area contributed by atoms with Gasteiger partial charge < -0.3 is 33.5 Å². The summed E-state index contributed by atoms with van der Waals surface area (Å²) in [6.07, 6.45) is -2.34. The van der Waals surface area contributed by atoms with Gasteiger partial charge in [0.2, 0.25) is 0 Å². The Bertz CT molecular complexity index is 1270. The smallest absolute Gasteiger partial charge is 0.423 e. The molecule has 3 fully saturated rings. The number of nitrogens with zero attached hydrogens (tertiary/aromatic N) is 1. The number of benzene rings is 2. The predicted molar refractivity (Wildman–Crippen MR) is 154 cm³/mol. The van der Waals surface area contributed by atoms with Crippen LogP contribution in [0.1, 0.15) is 57.3 Å². The van der Waals surface area contributed by atoms with Crippen LogP contribution >= 0.6 is 0 Å². The van der Waals surface area contributed by atoms with Crippen LogP contribution in [0.25, 0.3) is 0 Å². The van der Waals surface area contributed by atoms with Crippen LogP contribution in [0.4, 0.5) is 4.79 Å². The summed E-state index contributed by atoms with van der Waals surface area (Å²) in [7, 11) is -2.94. The summed E-state index contributed by atoms with van der Waals surface area (Å²) in [6, 6.07) is 16.8. The fourth-order valence-corrected chi connectivity index (χ4v) is 7.44. The number of fused-ring (bicyclic) bond motifs is 1. The number of aliphatic hydroxyl groups is 1. The summed E-state index contributed by atoms with van der Waals surface area (Å²) in [4.78, 5) is 12.7.